The van der Waals surface area contributed by atoms with Crippen LogP contribution in [0.5, 0.6) is 0 Å². The summed E-state index contributed by atoms with van der Waals surface area (Å²) < 4.78 is 11.3. The van der Waals surface area contributed by atoms with Gasteiger partial charge < -0.3 is 13.6 Å². The van der Waals surface area contributed by atoms with E-state index in [2.05, 4.69) is 124 Å². The summed E-state index contributed by atoms with van der Waals surface area (Å²) in [4.78, 5) is 15.1. The number of fused-ring (bicyclic) bond motifs is 10. The standard InChI is InChI=1S/C51H31N5O/c1-4-15-32(16-5-1)49-52-50(33-17-6-2-7-18-33)54-51(53-49)34-19-14-22-36(29-34)56-44-31-46-42(38-24-11-13-26-45(38)57-46)30-41(44)40-28-27-39-37-23-10-12-25-43(37)55(47(39)48(40)56)35-20-8-3-9-21-35/h1-31H. The Bertz CT molecular complexity index is 3450. The normalized spacial score (nSPS) is 11.9. The van der Waals surface area contributed by atoms with Crippen molar-refractivity contribution in [1.82, 2.24) is 24.1 Å². The molecule has 0 aliphatic rings. The fourth-order valence-corrected chi connectivity index (χ4v) is 8.60. The third-order valence-electron chi connectivity index (χ3n) is 11.1. The van der Waals surface area contributed by atoms with E-state index in [4.69, 9.17) is 19.4 Å². The van der Waals surface area contributed by atoms with Crippen molar-refractivity contribution in [3.05, 3.63) is 188 Å². The van der Waals surface area contributed by atoms with Crippen molar-refractivity contribution in [2.24, 2.45) is 0 Å². The number of benzene rings is 8. The SMILES string of the molecule is c1ccc(-c2nc(-c3ccccc3)nc(-c3cccc(-n4c5cc6oc7ccccc7c6cc5c5ccc6c7ccccc7n(-c7ccccc7)c6c54)c3)n2)cc1. The fourth-order valence-electron chi connectivity index (χ4n) is 8.60. The number of furan rings is 1. The van der Waals surface area contributed by atoms with Gasteiger partial charge in [-0.2, -0.15) is 0 Å². The van der Waals surface area contributed by atoms with Crippen molar-refractivity contribution in [2.45, 2.75) is 0 Å². The largest absolute Gasteiger partial charge is 0.456 e. The molecule has 0 atom stereocenters. The highest BCUT2D eigenvalue weighted by molar-refractivity contribution is 6.25. The molecule has 266 valence electrons. The Hall–Kier alpha value is -7.83. The third kappa shape index (κ3) is 4.87. The molecule has 0 aliphatic carbocycles. The highest BCUT2D eigenvalue weighted by Crippen LogP contribution is 2.44. The number of rotatable bonds is 5. The van der Waals surface area contributed by atoms with Crippen molar-refractivity contribution in [2.75, 3.05) is 0 Å². The molecule has 0 saturated carbocycles. The van der Waals surface area contributed by atoms with Crippen LogP contribution in [0.3, 0.4) is 0 Å². The van der Waals surface area contributed by atoms with E-state index in [-0.39, 0.29) is 0 Å². The molecule has 0 radical (unpaired) electrons. The molecule has 4 heterocycles. The average Bonchev–Trinajstić information content (AvgIpc) is 3.93. The first-order valence-corrected chi connectivity index (χ1v) is 19.1. The highest BCUT2D eigenvalue weighted by Gasteiger charge is 2.23. The number of hydrogen-bond acceptors (Lipinski definition) is 4. The fraction of sp³-hybridized carbons (Fsp3) is 0. The van der Waals surface area contributed by atoms with Gasteiger partial charge in [-0.25, -0.2) is 15.0 Å². The minimum absolute atomic E-state index is 0.605. The molecule has 0 bridgehead atoms. The monoisotopic (exact) mass is 729 g/mol. The number of para-hydroxylation sites is 3. The summed E-state index contributed by atoms with van der Waals surface area (Å²) in [5, 5.41) is 6.91. The van der Waals surface area contributed by atoms with Gasteiger partial charge in [-0.3, -0.25) is 0 Å². The van der Waals surface area contributed by atoms with Crippen LogP contribution in [0.4, 0.5) is 0 Å². The molecule has 0 unspecified atom stereocenters. The molecule has 0 saturated heterocycles. The lowest BCUT2D eigenvalue weighted by Gasteiger charge is -2.14. The summed E-state index contributed by atoms with van der Waals surface area (Å²) in [5.74, 6) is 1.86. The molecule has 57 heavy (non-hydrogen) atoms. The summed E-state index contributed by atoms with van der Waals surface area (Å²) in [6.07, 6.45) is 0. The lowest BCUT2D eigenvalue weighted by Crippen LogP contribution is -2.01. The zero-order valence-corrected chi connectivity index (χ0v) is 30.5. The molecule has 0 aliphatic heterocycles. The molecule has 0 N–H and O–H groups in total. The van der Waals surface area contributed by atoms with E-state index in [0.29, 0.717) is 17.5 Å². The van der Waals surface area contributed by atoms with Crippen LogP contribution >= 0.6 is 0 Å². The van der Waals surface area contributed by atoms with Crippen LogP contribution in [0.25, 0.3) is 111 Å². The lowest BCUT2D eigenvalue weighted by molar-refractivity contribution is 0.669. The van der Waals surface area contributed by atoms with Crippen LogP contribution < -0.4 is 0 Å². The predicted molar refractivity (Wildman–Crippen MR) is 232 cm³/mol. The van der Waals surface area contributed by atoms with Crippen LogP contribution in [0.2, 0.25) is 0 Å². The van der Waals surface area contributed by atoms with Gasteiger partial charge >= 0.3 is 0 Å². The molecule has 6 heteroatoms. The molecule has 12 aromatic rings. The Labute approximate surface area is 326 Å². The molecular formula is C51H31N5O. The van der Waals surface area contributed by atoms with E-state index in [9.17, 15) is 0 Å². The molecule has 4 aromatic heterocycles. The molecule has 12 rings (SSSR count). The molecule has 8 aromatic carbocycles. The maximum Gasteiger partial charge on any atom is 0.164 e. The van der Waals surface area contributed by atoms with Gasteiger partial charge in [-0.1, -0.05) is 140 Å². The summed E-state index contributed by atoms with van der Waals surface area (Å²) in [6.45, 7) is 0. The zero-order valence-electron chi connectivity index (χ0n) is 30.5. The Morgan fingerprint density at radius 3 is 1.54 bits per heavy atom. The van der Waals surface area contributed by atoms with E-state index in [1.165, 1.54) is 10.8 Å². The van der Waals surface area contributed by atoms with Crippen molar-refractivity contribution in [3.63, 3.8) is 0 Å². The Balaban J connectivity index is 1.19. The first kappa shape index (κ1) is 31.5. The van der Waals surface area contributed by atoms with Crippen LogP contribution in [-0.4, -0.2) is 24.1 Å². The first-order valence-electron chi connectivity index (χ1n) is 19.1. The van der Waals surface area contributed by atoms with Gasteiger partial charge in [0.1, 0.15) is 11.2 Å². The first-order chi connectivity index (χ1) is 28.3. The molecule has 0 fully saturated rings. The smallest absolute Gasteiger partial charge is 0.164 e. The van der Waals surface area contributed by atoms with Crippen molar-refractivity contribution < 1.29 is 4.42 Å². The van der Waals surface area contributed by atoms with Gasteiger partial charge in [-0.05, 0) is 42.5 Å². The van der Waals surface area contributed by atoms with E-state index in [1.807, 2.05) is 72.8 Å². The minimum Gasteiger partial charge on any atom is -0.456 e. The predicted octanol–water partition coefficient (Wildman–Crippen LogP) is 13.0. The van der Waals surface area contributed by atoms with E-state index in [1.54, 1.807) is 0 Å². The molecule has 0 amide bonds. The van der Waals surface area contributed by atoms with Gasteiger partial charge in [0, 0.05) is 66.4 Å². The van der Waals surface area contributed by atoms with Crippen molar-refractivity contribution >= 4 is 65.6 Å². The van der Waals surface area contributed by atoms with Gasteiger partial charge in [0.2, 0.25) is 0 Å². The quantitative estimate of drug-likeness (QED) is 0.177. The van der Waals surface area contributed by atoms with Crippen LogP contribution in [0, 0.1) is 0 Å². The Morgan fingerprint density at radius 2 is 0.842 bits per heavy atom. The maximum atomic E-state index is 6.53. The summed E-state index contributed by atoms with van der Waals surface area (Å²) in [7, 11) is 0. The Kier molecular flexibility index (Phi) is 6.83. The Morgan fingerprint density at radius 1 is 0.316 bits per heavy atom. The topological polar surface area (TPSA) is 61.7 Å². The zero-order chi connectivity index (χ0) is 37.5. The van der Waals surface area contributed by atoms with Crippen LogP contribution in [-0.2, 0) is 0 Å². The van der Waals surface area contributed by atoms with Crippen molar-refractivity contribution in [3.8, 4) is 45.5 Å². The number of aromatic nitrogens is 5. The molecule has 6 nitrogen and oxygen atoms in total. The van der Waals surface area contributed by atoms with Gasteiger partial charge in [0.25, 0.3) is 0 Å². The van der Waals surface area contributed by atoms with E-state index < -0.39 is 0 Å². The third-order valence-corrected chi connectivity index (χ3v) is 11.1. The second kappa shape index (κ2) is 12.3. The minimum atomic E-state index is 0.605. The summed E-state index contributed by atoms with van der Waals surface area (Å²) in [5.41, 5.74) is 11.0. The van der Waals surface area contributed by atoms with E-state index in [0.717, 1.165) is 82.8 Å². The van der Waals surface area contributed by atoms with Gasteiger partial charge in [0.05, 0.1) is 22.1 Å². The van der Waals surface area contributed by atoms with Gasteiger partial charge in [-0.15, -0.1) is 0 Å². The summed E-state index contributed by atoms with van der Waals surface area (Å²) >= 11 is 0. The van der Waals surface area contributed by atoms with Crippen LogP contribution in [0.1, 0.15) is 0 Å². The second-order valence-corrected chi connectivity index (χ2v) is 14.4. The number of hydrogen-bond donors (Lipinski definition) is 0. The lowest BCUT2D eigenvalue weighted by atomic mass is 10.1. The van der Waals surface area contributed by atoms with Gasteiger partial charge in [0.15, 0.2) is 17.5 Å². The van der Waals surface area contributed by atoms with E-state index >= 15 is 0 Å². The second-order valence-electron chi connectivity index (χ2n) is 14.4. The molecule has 0 spiro atoms. The summed E-state index contributed by atoms with van der Waals surface area (Å²) in [6, 6.07) is 65.5. The highest BCUT2D eigenvalue weighted by atomic mass is 16.3. The molecular weight excluding hydrogens is 699 g/mol. The number of nitrogens with zero attached hydrogens (tertiary/aromatic N) is 5. The average molecular weight is 730 g/mol. The van der Waals surface area contributed by atoms with Crippen LogP contribution in [0.15, 0.2) is 192 Å². The van der Waals surface area contributed by atoms with Crippen molar-refractivity contribution in [1.29, 1.82) is 0 Å². The maximum absolute atomic E-state index is 6.53.